The lowest BCUT2D eigenvalue weighted by molar-refractivity contribution is -0.105. The van der Waals surface area contributed by atoms with E-state index < -0.39 is 0 Å². The molecule has 2 saturated carbocycles. The third-order valence-corrected chi connectivity index (χ3v) is 3.72. The molecule has 52 valence electrons. The molecule has 3 rings (SSSR count). The quantitative estimate of drug-likeness (QED) is 0.497. The Morgan fingerprint density at radius 1 is 1.50 bits per heavy atom. The van der Waals surface area contributed by atoms with Gasteiger partial charge in [-0.3, -0.25) is 4.79 Å². The Balaban J connectivity index is 2.13. The molecule has 3 aliphatic carbocycles. The molecule has 1 spiro atoms. The van der Waals surface area contributed by atoms with E-state index in [2.05, 4.69) is 6.92 Å². The summed E-state index contributed by atoms with van der Waals surface area (Å²) in [6.07, 6.45) is 3.80. The highest BCUT2D eigenvalue weighted by atomic mass is 16.1. The summed E-state index contributed by atoms with van der Waals surface area (Å²) in [6, 6.07) is 0. The van der Waals surface area contributed by atoms with E-state index in [4.69, 9.17) is 0 Å². The van der Waals surface area contributed by atoms with Gasteiger partial charge >= 0.3 is 0 Å². The molecule has 0 aliphatic heterocycles. The molecule has 0 heterocycles. The summed E-state index contributed by atoms with van der Waals surface area (Å²) >= 11 is 0. The van der Waals surface area contributed by atoms with Crippen LogP contribution in [0, 0.1) is 17.3 Å². The lowest BCUT2D eigenvalue weighted by Gasteiger charge is -1.97. The maximum absolute atomic E-state index is 10.6. The van der Waals surface area contributed by atoms with Crippen molar-refractivity contribution in [1.29, 1.82) is 0 Å². The van der Waals surface area contributed by atoms with E-state index in [-0.39, 0.29) is 0 Å². The molecule has 0 N–H and O–H groups in total. The van der Waals surface area contributed by atoms with Crippen molar-refractivity contribution in [1.82, 2.24) is 0 Å². The van der Waals surface area contributed by atoms with Gasteiger partial charge in [-0.2, -0.15) is 0 Å². The zero-order chi connectivity index (χ0) is 6.93. The largest absolute Gasteiger partial charge is 0.298 e. The minimum Gasteiger partial charge on any atom is -0.298 e. The molecule has 0 aromatic heterocycles. The zero-order valence-electron chi connectivity index (χ0n) is 6.05. The highest BCUT2D eigenvalue weighted by molar-refractivity contribution is 5.80. The van der Waals surface area contributed by atoms with E-state index in [9.17, 15) is 4.79 Å². The van der Waals surface area contributed by atoms with Crippen molar-refractivity contribution in [3.8, 4) is 0 Å². The van der Waals surface area contributed by atoms with Crippen LogP contribution in [0.2, 0.25) is 0 Å². The molecule has 0 saturated heterocycles. The van der Waals surface area contributed by atoms with E-state index in [1.807, 2.05) is 0 Å². The summed E-state index contributed by atoms with van der Waals surface area (Å²) < 4.78 is 0. The number of rotatable bonds is 1. The Labute approximate surface area is 60.1 Å². The first kappa shape index (κ1) is 5.11. The first-order chi connectivity index (χ1) is 4.79. The molecular weight excluding hydrogens is 124 g/mol. The summed E-state index contributed by atoms with van der Waals surface area (Å²) in [5.41, 5.74) is 3.22. The lowest BCUT2D eigenvalue weighted by atomic mass is 10.1. The number of carbonyl (C=O) groups excluding carboxylic acids is 1. The van der Waals surface area contributed by atoms with Crippen LogP contribution in [0.5, 0.6) is 0 Å². The fourth-order valence-electron chi connectivity index (χ4n) is 2.91. The molecule has 0 amide bonds. The lowest BCUT2D eigenvalue weighted by Crippen LogP contribution is -1.90. The second kappa shape index (κ2) is 1.11. The van der Waals surface area contributed by atoms with E-state index in [0.29, 0.717) is 11.3 Å². The Kier molecular flexibility index (Phi) is 0.567. The van der Waals surface area contributed by atoms with Gasteiger partial charge in [-0.1, -0.05) is 5.57 Å². The molecule has 0 bridgehead atoms. The predicted molar refractivity (Wildman–Crippen MR) is 37.4 cm³/mol. The van der Waals surface area contributed by atoms with Gasteiger partial charge in [-0.25, -0.2) is 0 Å². The first-order valence-electron chi connectivity index (χ1n) is 3.95. The summed E-state index contributed by atoms with van der Waals surface area (Å²) in [4.78, 5) is 10.6. The number of hydrogen-bond donors (Lipinski definition) is 0. The third kappa shape index (κ3) is 0.309. The maximum atomic E-state index is 10.6. The number of allylic oxidation sites excluding steroid dienone is 2. The minimum absolute atomic E-state index is 0.667. The summed E-state index contributed by atoms with van der Waals surface area (Å²) in [7, 11) is 0. The smallest absolute Gasteiger partial charge is 0.146 e. The monoisotopic (exact) mass is 134 g/mol. The van der Waals surface area contributed by atoms with Crippen molar-refractivity contribution < 1.29 is 4.79 Å². The topological polar surface area (TPSA) is 17.1 Å². The number of carbonyl (C=O) groups is 1. The van der Waals surface area contributed by atoms with Crippen LogP contribution in [0.1, 0.15) is 19.8 Å². The van der Waals surface area contributed by atoms with Crippen LogP contribution in [-0.2, 0) is 4.79 Å². The van der Waals surface area contributed by atoms with E-state index >= 15 is 0 Å². The van der Waals surface area contributed by atoms with E-state index in [0.717, 1.165) is 17.8 Å². The molecule has 1 nitrogen and oxygen atoms in total. The van der Waals surface area contributed by atoms with Gasteiger partial charge in [-0.05, 0) is 42.6 Å². The second-order valence-corrected chi connectivity index (χ2v) is 4.00. The van der Waals surface area contributed by atoms with Crippen LogP contribution < -0.4 is 0 Å². The average molecular weight is 134 g/mol. The van der Waals surface area contributed by atoms with Crippen LogP contribution in [0.15, 0.2) is 11.1 Å². The summed E-state index contributed by atoms with van der Waals surface area (Å²) in [5, 5.41) is 0. The highest BCUT2D eigenvalue weighted by Crippen LogP contribution is 2.82. The van der Waals surface area contributed by atoms with Gasteiger partial charge in [0, 0.05) is 0 Å². The summed E-state index contributed by atoms with van der Waals surface area (Å²) in [5.74, 6) is 1.53. The first-order valence-corrected chi connectivity index (χ1v) is 3.95. The minimum atomic E-state index is 0.667. The molecule has 10 heavy (non-hydrogen) atoms. The molecule has 2 fully saturated rings. The van der Waals surface area contributed by atoms with Gasteiger partial charge < -0.3 is 0 Å². The van der Waals surface area contributed by atoms with Gasteiger partial charge in [-0.15, -0.1) is 0 Å². The number of hydrogen-bond acceptors (Lipinski definition) is 1. The van der Waals surface area contributed by atoms with Crippen LogP contribution in [0.3, 0.4) is 0 Å². The van der Waals surface area contributed by atoms with Crippen LogP contribution in [-0.4, -0.2) is 6.29 Å². The van der Waals surface area contributed by atoms with Crippen molar-refractivity contribution in [2.24, 2.45) is 17.3 Å². The fourth-order valence-corrected chi connectivity index (χ4v) is 2.91. The van der Waals surface area contributed by atoms with Crippen molar-refractivity contribution in [3.63, 3.8) is 0 Å². The van der Waals surface area contributed by atoms with Crippen molar-refractivity contribution >= 4 is 6.29 Å². The normalized spacial score (nSPS) is 54.1. The number of aldehydes is 1. The summed E-state index contributed by atoms with van der Waals surface area (Å²) in [6.45, 7) is 2.13. The van der Waals surface area contributed by atoms with Crippen LogP contribution in [0.4, 0.5) is 0 Å². The SMILES string of the molecule is CC1=C(C=O)C2CC23CC13. The standard InChI is InChI=1S/C9H10O/c1-5-6(4-10)8-3-9(8)2-7(5)9/h4,7-8H,2-3H2,1H3. The van der Waals surface area contributed by atoms with Crippen molar-refractivity contribution in [2.75, 3.05) is 0 Å². The highest BCUT2D eigenvalue weighted by Gasteiger charge is 2.75. The van der Waals surface area contributed by atoms with E-state index in [1.165, 1.54) is 18.4 Å². The molecule has 0 aromatic carbocycles. The van der Waals surface area contributed by atoms with Crippen molar-refractivity contribution in [3.05, 3.63) is 11.1 Å². The molecule has 0 aromatic rings. The molecule has 0 radical (unpaired) electrons. The van der Waals surface area contributed by atoms with E-state index in [1.54, 1.807) is 0 Å². The second-order valence-electron chi connectivity index (χ2n) is 4.00. The molecular formula is C9H10O. The average Bonchev–Trinajstić information content (AvgIpc) is 2.75. The maximum Gasteiger partial charge on any atom is 0.146 e. The Bertz CT molecular complexity index is 264. The van der Waals surface area contributed by atoms with Crippen LogP contribution >= 0.6 is 0 Å². The third-order valence-electron chi connectivity index (χ3n) is 3.72. The Morgan fingerprint density at radius 2 is 2.20 bits per heavy atom. The van der Waals surface area contributed by atoms with Crippen molar-refractivity contribution in [2.45, 2.75) is 19.8 Å². The molecule has 3 aliphatic rings. The molecule has 3 atom stereocenters. The Hall–Kier alpha value is -0.590. The van der Waals surface area contributed by atoms with Gasteiger partial charge in [0.05, 0.1) is 0 Å². The predicted octanol–water partition coefficient (Wildman–Crippen LogP) is 1.54. The van der Waals surface area contributed by atoms with Crippen LogP contribution in [0.25, 0.3) is 0 Å². The molecule has 3 unspecified atom stereocenters. The van der Waals surface area contributed by atoms with Gasteiger partial charge in [0.15, 0.2) is 0 Å². The van der Waals surface area contributed by atoms with Gasteiger partial charge in [0.2, 0.25) is 0 Å². The fraction of sp³-hybridized carbons (Fsp3) is 0.667. The zero-order valence-corrected chi connectivity index (χ0v) is 6.05. The van der Waals surface area contributed by atoms with Gasteiger partial charge in [0.25, 0.3) is 0 Å². The molecule has 1 heteroatoms. The van der Waals surface area contributed by atoms with Gasteiger partial charge in [0.1, 0.15) is 6.29 Å². The Morgan fingerprint density at radius 3 is 2.60 bits per heavy atom.